The molecule has 0 aromatic heterocycles. The topological polar surface area (TPSA) is 35.5 Å². The Hall–Kier alpha value is -1.35. The van der Waals surface area contributed by atoms with Crippen molar-refractivity contribution in [3.8, 4) is 0 Å². The van der Waals surface area contributed by atoms with Crippen LogP contribution in [0.15, 0.2) is 24.3 Å². The SMILES string of the molecule is COOC(=O)C1CCc2ccccc2C1. The Morgan fingerprint density at radius 1 is 1.33 bits per heavy atom. The van der Waals surface area contributed by atoms with Crippen LogP contribution in [0.5, 0.6) is 0 Å². The second kappa shape index (κ2) is 4.45. The first kappa shape index (κ1) is 10.2. The smallest absolute Gasteiger partial charge is 0.298 e. The molecule has 3 nitrogen and oxygen atoms in total. The van der Waals surface area contributed by atoms with E-state index >= 15 is 0 Å². The molecule has 0 saturated heterocycles. The zero-order valence-corrected chi connectivity index (χ0v) is 8.73. The van der Waals surface area contributed by atoms with E-state index in [1.807, 2.05) is 12.1 Å². The second-order valence-electron chi connectivity index (χ2n) is 3.78. The summed E-state index contributed by atoms with van der Waals surface area (Å²) < 4.78 is 0. The number of carbonyl (C=O) groups is 1. The molecule has 80 valence electrons. The van der Waals surface area contributed by atoms with Crippen molar-refractivity contribution in [3.63, 3.8) is 0 Å². The minimum atomic E-state index is -0.257. The molecule has 1 aliphatic carbocycles. The highest BCUT2D eigenvalue weighted by molar-refractivity contribution is 5.72. The molecule has 0 N–H and O–H groups in total. The first-order valence-electron chi connectivity index (χ1n) is 5.12. The summed E-state index contributed by atoms with van der Waals surface area (Å²) in [6, 6.07) is 8.23. The van der Waals surface area contributed by atoms with E-state index in [9.17, 15) is 4.79 Å². The van der Waals surface area contributed by atoms with Gasteiger partial charge in [0.15, 0.2) is 0 Å². The molecule has 0 heterocycles. The van der Waals surface area contributed by atoms with Gasteiger partial charge in [0.05, 0.1) is 13.0 Å². The number of fused-ring (bicyclic) bond motifs is 1. The highest BCUT2D eigenvalue weighted by Gasteiger charge is 2.26. The zero-order valence-electron chi connectivity index (χ0n) is 8.73. The number of aryl methyl sites for hydroxylation is 1. The Balaban J connectivity index is 2.08. The van der Waals surface area contributed by atoms with Gasteiger partial charge >= 0.3 is 5.97 Å². The number of rotatable bonds is 2. The Labute approximate surface area is 88.9 Å². The van der Waals surface area contributed by atoms with Crippen LogP contribution in [0.2, 0.25) is 0 Å². The molecule has 3 heteroatoms. The van der Waals surface area contributed by atoms with E-state index in [2.05, 4.69) is 21.9 Å². The Morgan fingerprint density at radius 2 is 2.07 bits per heavy atom. The largest absolute Gasteiger partial charge is 0.345 e. The maximum atomic E-state index is 11.5. The van der Waals surface area contributed by atoms with Gasteiger partial charge in [-0.1, -0.05) is 24.3 Å². The van der Waals surface area contributed by atoms with Crippen molar-refractivity contribution in [1.82, 2.24) is 0 Å². The fourth-order valence-corrected chi connectivity index (χ4v) is 2.05. The van der Waals surface area contributed by atoms with Crippen molar-refractivity contribution in [2.45, 2.75) is 19.3 Å². The lowest BCUT2D eigenvalue weighted by Gasteiger charge is -2.21. The first-order valence-corrected chi connectivity index (χ1v) is 5.12. The summed E-state index contributed by atoms with van der Waals surface area (Å²) in [7, 11) is 1.36. The molecule has 2 rings (SSSR count). The molecule has 0 amide bonds. The number of carbonyl (C=O) groups excluding carboxylic acids is 1. The van der Waals surface area contributed by atoms with Gasteiger partial charge in [0, 0.05) is 0 Å². The second-order valence-corrected chi connectivity index (χ2v) is 3.78. The van der Waals surface area contributed by atoms with Crippen molar-refractivity contribution in [2.75, 3.05) is 7.11 Å². The molecule has 15 heavy (non-hydrogen) atoms. The molecule has 1 unspecified atom stereocenters. The van der Waals surface area contributed by atoms with Gasteiger partial charge in [0.2, 0.25) is 0 Å². The molecule has 0 radical (unpaired) electrons. The van der Waals surface area contributed by atoms with Crippen molar-refractivity contribution in [3.05, 3.63) is 35.4 Å². The van der Waals surface area contributed by atoms with Crippen molar-refractivity contribution < 1.29 is 14.6 Å². The number of hydrogen-bond acceptors (Lipinski definition) is 3. The van der Waals surface area contributed by atoms with Crippen LogP contribution >= 0.6 is 0 Å². The van der Waals surface area contributed by atoms with E-state index < -0.39 is 0 Å². The van der Waals surface area contributed by atoms with Gasteiger partial charge in [-0.05, 0) is 30.4 Å². The molecule has 0 saturated carbocycles. The van der Waals surface area contributed by atoms with E-state index in [1.165, 1.54) is 18.2 Å². The predicted molar refractivity (Wildman–Crippen MR) is 55.1 cm³/mol. The summed E-state index contributed by atoms with van der Waals surface area (Å²) in [5.41, 5.74) is 2.60. The van der Waals surface area contributed by atoms with E-state index in [1.54, 1.807) is 0 Å². The highest BCUT2D eigenvalue weighted by atomic mass is 17.2. The van der Waals surface area contributed by atoms with Crippen LogP contribution in [0.4, 0.5) is 0 Å². The average Bonchev–Trinajstić information content (AvgIpc) is 2.29. The summed E-state index contributed by atoms with van der Waals surface area (Å²) in [6.07, 6.45) is 2.55. The van der Waals surface area contributed by atoms with E-state index in [0.717, 1.165) is 19.3 Å². The maximum absolute atomic E-state index is 11.5. The fourth-order valence-electron chi connectivity index (χ4n) is 2.05. The van der Waals surface area contributed by atoms with Gasteiger partial charge < -0.3 is 0 Å². The monoisotopic (exact) mass is 206 g/mol. The van der Waals surface area contributed by atoms with Gasteiger partial charge in [-0.2, -0.15) is 4.89 Å². The lowest BCUT2D eigenvalue weighted by Crippen LogP contribution is -2.24. The molecular formula is C12H14O3. The van der Waals surface area contributed by atoms with Gasteiger partial charge in [-0.25, -0.2) is 4.79 Å². The van der Waals surface area contributed by atoms with E-state index in [4.69, 9.17) is 0 Å². The molecule has 1 aromatic rings. The van der Waals surface area contributed by atoms with Crippen LogP contribution in [-0.4, -0.2) is 13.1 Å². The van der Waals surface area contributed by atoms with Crippen LogP contribution in [-0.2, 0) is 27.4 Å². The summed E-state index contributed by atoms with van der Waals surface area (Å²) in [5, 5.41) is 0. The lowest BCUT2D eigenvalue weighted by atomic mass is 9.84. The van der Waals surface area contributed by atoms with E-state index in [-0.39, 0.29) is 11.9 Å². The third-order valence-corrected chi connectivity index (χ3v) is 2.85. The summed E-state index contributed by atoms with van der Waals surface area (Å²) in [5.74, 6) is -0.313. The van der Waals surface area contributed by atoms with Crippen LogP contribution in [0.1, 0.15) is 17.5 Å². The van der Waals surface area contributed by atoms with Crippen LogP contribution < -0.4 is 0 Å². The van der Waals surface area contributed by atoms with Crippen molar-refractivity contribution >= 4 is 5.97 Å². The van der Waals surface area contributed by atoms with Crippen LogP contribution in [0.25, 0.3) is 0 Å². The molecule has 0 bridgehead atoms. The van der Waals surface area contributed by atoms with Crippen molar-refractivity contribution in [1.29, 1.82) is 0 Å². The zero-order chi connectivity index (χ0) is 10.7. The molecule has 0 aliphatic heterocycles. The first-order chi connectivity index (χ1) is 7.31. The third-order valence-electron chi connectivity index (χ3n) is 2.85. The van der Waals surface area contributed by atoms with Crippen LogP contribution in [0.3, 0.4) is 0 Å². The van der Waals surface area contributed by atoms with E-state index in [0.29, 0.717) is 0 Å². The third kappa shape index (κ3) is 2.18. The summed E-state index contributed by atoms with van der Waals surface area (Å²) >= 11 is 0. The van der Waals surface area contributed by atoms with Crippen molar-refractivity contribution in [2.24, 2.45) is 5.92 Å². The average molecular weight is 206 g/mol. The van der Waals surface area contributed by atoms with Crippen LogP contribution in [0, 0.1) is 5.92 Å². The Kier molecular flexibility index (Phi) is 3.02. The minimum Gasteiger partial charge on any atom is -0.298 e. The molecule has 0 fully saturated rings. The summed E-state index contributed by atoms with van der Waals surface area (Å²) in [6.45, 7) is 0. The molecular weight excluding hydrogens is 192 g/mol. The number of hydrogen-bond donors (Lipinski definition) is 0. The molecule has 0 spiro atoms. The Bertz CT molecular complexity index is 360. The van der Waals surface area contributed by atoms with Gasteiger partial charge in [-0.15, -0.1) is 0 Å². The van der Waals surface area contributed by atoms with Gasteiger partial charge in [0.1, 0.15) is 0 Å². The minimum absolute atomic E-state index is 0.0557. The van der Waals surface area contributed by atoms with Gasteiger partial charge in [-0.3, -0.25) is 4.89 Å². The van der Waals surface area contributed by atoms with Gasteiger partial charge in [0.25, 0.3) is 0 Å². The Morgan fingerprint density at radius 3 is 2.80 bits per heavy atom. The standard InChI is InChI=1S/C12H14O3/c1-14-15-12(13)11-7-6-9-4-2-3-5-10(9)8-11/h2-5,11H,6-8H2,1H3. The molecule has 1 aromatic carbocycles. The molecule has 1 aliphatic rings. The highest BCUT2D eigenvalue weighted by Crippen LogP contribution is 2.26. The summed E-state index contributed by atoms with van der Waals surface area (Å²) in [4.78, 5) is 20.4. The maximum Gasteiger partial charge on any atom is 0.345 e. The fraction of sp³-hybridized carbons (Fsp3) is 0.417. The number of benzene rings is 1. The molecule has 1 atom stereocenters. The lowest BCUT2D eigenvalue weighted by molar-refractivity contribution is -0.259. The predicted octanol–water partition coefficient (Wildman–Crippen LogP) is 1.90. The quantitative estimate of drug-likeness (QED) is 0.547. The normalized spacial score (nSPS) is 19.4.